The van der Waals surface area contributed by atoms with Crippen LogP contribution in [0.15, 0.2) is 27.6 Å². The lowest BCUT2D eigenvalue weighted by Gasteiger charge is -2.16. The van der Waals surface area contributed by atoms with E-state index in [2.05, 4.69) is 5.10 Å². The first kappa shape index (κ1) is 16.6. The fourth-order valence-corrected chi connectivity index (χ4v) is 3.67. The highest BCUT2D eigenvalue weighted by molar-refractivity contribution is 7.07. The highest BCUT2D eigenvalue weighted by Crippen LogP contribution is 2.36. The highest BCUT2D eigenvalue weighted by Gasteiger charge is 2.13. The van der Waals surface area contributed by atoms with Crippen LogP contribution in [-0.4, -0.2) is 32.3 Å². The van der Waals surface area contributed by atoms with Gasteiger partial charge in [-0.15, -0.1) is 11.3 Å². The van der Waals surface area contributed by atoms with Gasteiger partial charge in [0.15, 0.2) is 11.5 Å². The van der Waals surface area contributed by atoms with Crippen LogP contribution in [0.1, 0.15) is 43.4 Å². The van der Waals surface area contributed by atoms with Gasteiger partial charge in [0.05, 0.1) is 18.0 Å². The Balaban J connectivity index is 1.92. The summed E-state index contributed by atoms with van der Waals surface area (Å²) in [5.74, 6) is -1.30. The SMILES string of the molecule is Cc1cs/c(=N\C2CCCCC2)n1/N=C/c1ccc(O)c(O)c1O. The molecule has 6 nitrogen and oxygen atoms in total. The molecule has 2 aromatic rings. The number of rotatable bonds is 3. The van der Waals surface area contributed by atoms with Gasteiger partial charge in [0, 0.05) is 10.9 Å². The molecule has 3 N–H and O–H groups in total. The fourth-order valence-electron chi connectivity index (χ4n) is 2.79. The Bertz CT molecular complexity index is 817. The van der Waals surface area contributed by atoms with E-state index < -0.39 is 11.5 Å². The van der Waals surface area contributed by atoms with Crippen molar-refractivity contribution >= 4 is 17.6 Å². The van der Waals surface area contributed by atoms with E-state index in [1.165, 1.54) is 37.6 Å². The first-order chi connectivity index (χ1) is 11.6. The minimum atomic E-state index is -0.543. The molecule has 0 atom stereocenters. The molecule has 0 unspecified atom stereocenters. The number of nitrogens with zero attached hydrogens (tertiary/aromatic N) is 3. The number of aryl methyl sites for hydroxylation is 1. The van der Waals surface area contributed by atoms with Crippen LogP contribution in [0.25, 0.3) is 0 Å². The quantitative estimate of drug-likeness (QED) is 0.589. The molecular formula is C17H21N3O3S. The molecule has 1 aromatic carbocycles. The third-order valence-corrected chi connectivity index (χ3v) is 5.14. The Morgan fingerprint density at radius 2 is 1.88 bits per heavy atom. The number of phenols is 3. The van der Waals surface area contributed by atoms with E-state index in [0.29, 0.717) is 11.6 Å². The summed E-state index contributed by atoms with van der Waals surface area (Å²) in [5.41, 5.74) is 1.28. The number of thiazole rings is 1. The van der Waals surface area contributed by atoms with Crippen molar-refractivity contribution in [2.75, 3.05) is 0 Å². The Morgan fingerprint density at radius 1 is 1.12 bits per heavy atom. The van der Waals surface area contributed by atoms with Crippen molar-refractivity contribution in [2.45, 2.75) is 45.1 Å². The van der Waals surface area contributed by atoms with E-state index in [4.69, 9.17) is 4.99 Å². The summed E-state index contributed by atoms with van der Waals surface area (Å²) in [5, 5.41) is 35.2. The maximum absolute atomic E-state index is 9.88. The Morgan fingerprint density at radius 3 is 2.62 bits per heavy atom. The normalized spacial score (nSPS) is 17.0. The summed E-state index contributed by atoms with van der Waals surface area (Å²) in [6.45, 7) is 1.95. The molecule has 7 heteroatoms. The molecule has 128 valence electrons. The molecule has 1 aliphatic carbocycles. The van der Waals surface area contributed by atoms with Crippen LogP contribution in [0.2, 0.25) is 0 Å². The highest BCUT2D eigenvalue weighted by atomic mass is 32.1. The van der Waals surface area contributed by atoms with Gasteiger partial charge in [-0.1, -0.05) is 19.3 Å². The maximum Gasteiger partial charge on any atom is 0.206 e. The maximum atomic E-state index is 9.88. The largest absolute Gasteiger partial charge is 0.504 e. The minimum absolute atomic E-state index is 0.326. The molecule has 1 heterocycles. The molecule has 24 heavy (non-hydrogen) atoms. The lowest BCUT2D eigenvalue weighted by Crippen LogP contribution is -2.19. The molecule has 0 amide bonds. The van der Waals surface area contributed by atoms with Crippen LogP contribution < -0.4 is 4.80 Å². The number of phenolic OH excluding ortho intramolecular Hbond substituents is 3. The zero-order valence-corrected chi connectivity index (χ0v) is 14.3. The summed E-state index contributed by atoms with van der Waals surface area (Å²) < 4.78 is 1.74. The van der Waals surface area contributed by atoms with Crippen molar-refractivity contribution in [1.82, 2.24) is 4.68 Å². The monoisotopic (exact) mass is 347 g/mol. The van der Waals surface area contributed by atoms with Crippen molar-refractivity contribution in [3.63, 3.8) is 0 Å². The fraction of sp³-hybridized carbons (Fsp3) is 0.412. The van der Waals surface area contributed by atoms with E-state index in [1.54, 1.807) is 16.0 Å². The first-order valence-corrected chi connectivity index (χ1v) is 8.93. The van der Waals surface area contributed by atoms with Gasteiger partial charge in [-0.3, -0.25) is 4.99 Å². The summed E-state index contributed by atoms with van der Waals surface area (Å²) in [7, 11) is 0. The van der Waals surface area contributed by atoms with Crippen molar-refractivity contribution in [3.8, 4) is 17.2 Å². The van der Waals surface area contributed by atoms with Crippen LogP contribution >= 0.6 is 11.3 Å². The molecule has 3 rings (SSSR count). The van der Waals surface area contributed by atoms with Gasteiger partial charge in [-0.05, 0) is 31.9 Å². The second-order valence-electron chi connectivity index (χ2n) is 6.01. The number of aromatic hydroxyl groups is 3. The zero-order chi connectivity index (χ0) is 17.1. The van der Waals surface area contributed by atoms with E-state index in [9.17, 15) is 15.3 Å². The van der Waals surface area contributed by atoms with Gasteiger partial charge >= 0.3 is 0 Å². The molecule has 1 aliphatic rings. The molecule has 1 saturated carbocycles. The van der Waals surface area contributed by atoms with Gasteiger partial charge < -0.3 is 15.3 Å². The Hall–Kier alpha value is -2.28. The molecule has 0 aliphatic heterocycles. The average molecular weight is 347 g/mol. The van der Waals surface area contributed by atoms with Crippen LogP contribution in [0.5, 0.6) is 17.2 Å². The van der Waals surface area contributed by atoms with E-state index in [0.717, 1.165) is 23.3 Å². The summed E-state index contributed by atoms with van der Waals surface area (Å²) >= 11 is 1.55. The predicted molar refractivity (Wildman–Crippen MR) is 93.9 cm³/mol. The van der Waals surface area contributed by atoms with Crippen LogP contribution in [0.4, 0.5) is 0 Å². The zero-order valence-electron chi connectivity index (χ0n) is 13.5. The lowest BCUT2D eigenvalue weighted by atomic mass is 9.96. The average Bonchev–Trinajstić information content (AvgIpc) is 2.93. The van der Waals surface area contributed by atoms with E-state index in [-0.39, 0.29) is 5.75 Å². The van der Waals surface area contributed by atoms with Crippen LogP contribution in [0.3, 0.4) is 0 Å². The van der Waals surface area contributed by atoms with Gasteiger partial charge in [0.1, 0.15) is 0 Å². The molecule has 1 fully saturated rings. The predicted octanol–water partition coefficient (Wildman–Crippen LogP) is 3.09. The number of benzene rings is 1. The van der Waals surface area contributed by atoms with Crippen molar-refractivity contribution in [1.29, 1.82) is 0 Å². The van der Waals surface area contributed by atoms with Gasteiger partial charge in [-0.2, -0.15) is 5.10 Å². The number of aromatic nitrogens is 1. The topological polar surface area (TPSA) is 90.3 Å². The molecule has 0 spiro atoms. The lowest BCUT2D eigenvalue weighted by molar-refractivity contribution is 0.367. The van der Waals surface area contributed by atoms with Gasteiger partial charge in [-0.25, -0.2) is 4.68 Å². The van der Waals surface area contributed by atoms with Gasteiger partial charge in [0.2, 0.25) is 10.6 Å². The number of hydrogen-bond donors (Lipinski definition) is 3. The molecule has 0 saturated heterocycles. The minimum Gasteiger partial charge on any atom is -0.504 e. The third-order valence-electron chi connectivity index (χ3n) is 4.19. The Labute approximate surface area is 144 Å². The summed E-state index contributed by atoms with van der Waals surface area (Å²) in [4.78, 5) is 5.65. The van der Waals surface area contributed by atoms with E-state index in [1.807, 2.05) is 12.3 Å². The molecule has 0 bridgehead atoms. The van der Waals surface area contributed by atoms with Crippen molar-refractivity contribution < 1.29 is 15.3 Å². The first-order valence-electron chi connectivity index (χ1n) is 8.05. The number of hydrogen-bond acceptors (Lipinski definition) is 6. The molecule has 1 aromatic heterocycles. The van der Waals surface area contributed by atoms with E-state index >= 15 is 0 Å². The van der Waals surface area contributed by atoms with Crippen LogP contribution in [0, 0.1) is 6.92 Å². The van der Waals surface area contributed by atoms with Gasteiger partial charge in [0.25, 0.3) is 0 Å². The second-order valence-corrected chi connectivity index (χ2v) is 6.84. The van der Waals surface area contributed by atoms with Crippen molar-refractivity contribution in [3.05, 3.63) is 33.6 Å². The standard InChI is InChI=1S/C17H21N3O3S/c1-11-10-24-17(19-13-5-3-2-4-6-13)20(11)18-9-12-7-8-14(21)16(23)15(12)22/h7-10,13,21-23H,2-6H2,1H3/b18-9+,19-17-. The van der Waals surface area contributed by atoms with Crippen molar-refractivity contribution in [2.24, 2.45) is 10.1 Å². The molecule has 0 radical (unpaired) electrons. The molecular weight excluding hydrogens is 326 g/mol. The summed E-state index contributed by atoms with van der Waals surface area (Å²) in [6, 6.07) is 3.16. The third kappa shape index (κ3) is 3.46. The summed E-state index contributed by atoms with van der Waals surface area (Å²) in [6.07, 6.45) is 7.43. The van der Waals surface area contributed by atoms with Crippen LogP contribution in [-0.2, 0) is 0 Å². The Kier molecular flexibility index (Phi) is 4.89. The smallest absolute Gasteiger partial charge is 0.206 e. The second kappa shape index (κ2) is 7.09.